The number of aliphatic hydroxyl groups excluding tert-OH is 1. The SMILES string of the molecule is OC(Cc1ccncc1Cl)c1cc(Br)c(Cl)s1. The smallest absolute Gasteiger partial charge is 0.107 e. The molecule has 0 aliphatic carbocycles. The van der Waals surface area contributed by atoms with E-state index in [0.29, 0.717) is 15.8 Å². The lowest BCUT2D eigenvalue weighted by Gasteiger charge is -2.09. The molecular weight excluding hydrogens is 345 g/mol. The van der Waals surface area contributed by atoms with Crippen LogP contribution in [0.25, 0.3) is 0 Å². The molecule has 0 aliphatic heterocycles. The topological polar surface area (TPSA) is 33.1 Å². The molecule has 2 heterocycles. The van der Waals surface area contributed by atoms with Gasteiger partial charge in [0.2, 0.25) is 0 Å². The zero-order valence-corrected chi connectivity index (χ0v) is 12.4. The Labute approximate surface area is 121 Å². The minimum Gasteiger partial charge on any atom is -0.387 e. The summed E-state index contributed by atoms with van der Waals surface area (Å²) in [6.07, 6.45) is 3.07. The number of aliphatic hydroxyl groups is 1. The van der Waals surface area contributed by atoms with Gasteiger partial charge in [-0.15, -0.1) is 11.3 Å². The van der Waals surface area contributed by atoms with E-state index in [1.807, 2.05) is 6.07 Å². The second kappa shape index (κ2) is 5.67. The number of aromatic nitrogens is 1. The molecule has 0 saturated carbocycles. The van der Waals surface area contributed by atoms with Gasteiger partial charge in [0.15, 0.2) is 0 Å². The third kappa shape index (κ3) is 3.20. The summed E-state index contributed by atoms with van der Waals surface area (Å²) >= 11 is 16.6. The van der Waals surface area contributed by atoms with Crippen molar-refractivity contribution in [2.45, 2.75) is 12.5 Å². The highest BCUT2D eigenvalue weighted by Crippen LogP contribution is 2.36. The largest absolute Gasteiger partial charge is 0.387 e. The molecule has 0 radical (unpaired) electrons. The molecule has 2 aromatic heterocycles. The molecule has 0 saturated heterocycles. The Balaban J connectivity index is 2.17. The fourth-order valence-electron chi connectivity index (χ4n) is 1.41. The van der Waals surface area contributed by atoms with Gasteiger partial charge in [-0.1, -0.05) is 23.2 Å². The van der Waals surface area contributed by atoms with Crippen LogP contribution in [0.4, 0.5) is 0 Å². The third-order valence-corrected chi connectivity index (χ3v) is 5.18. The molecule has 0 aromatic carbocycles. The first-order valence-electron chi connectivity index (χ1n) is 4.79. The van der Waals surface area contributed by atoms with Gasteiger partial charge < -0.3 is 5.11 Å². The summed E-state index contributed by atoms with van der Waals surface area (Å²) in [5, 5.41) is 10.7. The maximum atomic E-state index is 10.1. The average molecular weight is 353 g/mol. The van der Waals surface area contributed by atoms with E-state index in [0.717, 1.165) is 14.9 Å². The second-order valence-corrected chi connectivity index (χ2v) is 6.40. The molecule has 0 spiro atoms. The van der Waals surface area contributed by atoms with E-state index >= 15 is 0 Å². The van der Waals surface area contributed by atoms with E-state index in [1.54, 1.807) is 18.5 Å². The van der Waals surface area contributed by atoms with Crippen LogP contribution in [0.15, 0.2) is 29.0 Å². The highest BCUT2D eigenvalue weighted by Gasteiger charge is 2.15. The van der Waals surface area contributed by atoms with E-state index in [4.69, 9.17) is 23.2 Å². The van der Waals surface area contributed by atoms with Gasteiger partial charge in [-0.3, -0.25) is 4.98 Å². The molecule has 1 unspecified atom stereocenters. The molecule has 2 rings (SSSR count). The molecule has 0 bridgehead atoms. The van der Waals surface area contributed by atoms with Gasteiger partial charge in [0.25, 0.3) is 0 Å². The van der Waals surface area contributed by atoms with Crippen molar-refractivity contribution < 1.29 is 5.11 Å². The van der Waals surface area contributed by atoms with Crippen molar-refractivity contribution >= 4 is 50.5 Å². The van der Waals surface area contributed by atoms with Gasteiger partial charge in [0.1, 0.15) is 4.34 Å². The summed E-state index contributed by atoms with van der Waals surface area (Å²) in [6, 6.07) is 3.63. The molecule has 1 atom stereocenters. The van der Waals surface area contributed by atoms with Crippen molar-refractivity contribution in [3.05, 3.63) is 48.8 Å². The van der Waals surface area contributed by atoms with E-state index in [2.05, 4.69) is 20.9 Å². The van der Waals surface area contributed by atoms with Crippen molar-refractivity contribution in [2.75, 3.05) is 0 Å². The third-order valence-electron chi connectivity index (χ3n) is 2.26. The van der Waals surface area contributed by atoms with E-state index in [1.165, 1.54) is 11.3 Å². The summed E-state index contributed by atoms with van der Waals surface area (Å²) in [6.45, 7) is 0. The fraction of sp³-hybridized carbons (Fsp3) is 0.182. The first-order valence-corrected chi connectivity index (χ1v) is 7.15. The second-order valence-electron chi connectivity index (χ2n) is 3.46. The predicted molar refractivity (Wildman–Crippen MR) is 74.9 cm³/mol. The Kier molecular flexibility index (Phi) is 4.44. The summed E-state index contributed by atoms with van der Waals surface area (Å²) in [4.78, 5) is 4.72. The number of halogens is 3. The molecule has 17 heavy (non-hydrogen) atoms. The van der Waals surface area contributed by atoms with E-state index < -0.39 is 6.10 Å². The van der Waals surface area contributed by atoms with Gasteiger partial charge in [-0.2, -0.15) is 0 Å². The van der Waals surface area contributed by atoms with Gasteiger partial charge in [0, 0.05) is 28.2 Å². The predicted octanol–water partition coefficient (Wildman–Crippen LogP) is 4.49. The Morgan fingerprint density at radius 3 is 2.82 bits per heavy atom. The number of thiophene rings is 1. The van der Waals surface area contributed by atoms with E-state index in [-0.39, 0.29) is 0 Å². The summed E-state index contributed by atoms with van der Waals surface area (Å²) in [5.74, 6) is 0. The van der Waals surface area contributed by atoms with Crippen LogP contribution in [0.3, 0.4) is 0 Å². The Morgan fingerprint density at radius 2 is 2.24 bits per heavy atom. The lowest BCUT2D eigenvalue weighted by molar-refractivity contribution is 0.182. The first kappa shape index (κ1) is 13.3. The van der Waals surface area contributed by atoms with Crippen LogP contribution in [0.1, 0.15) is 16.5 Å². The van der Waals surface area contributed by atoms with Crippen LogP contribution in [-0.4, -0.2) is 10.1 Å². The summed E-state index contributed by atoms with van der Waals surface area (Å²) in [5.41, 5.74) is 0.870. The molecule has 90 valence electrons. The lowest BCUT2D eigenvalue weighted by atomic mass is 10.1. The molecule has 2 aromatic rings. The lowest BCUT2D eigenvalue weighted by Crippen LogP contribution is -2.00. The standard InChI is InChI=1S/C11H8BrCl2NOS/c12-7-4-10(17-11(7)14)9(16)3-6-1-2-15-5-8(6)13/h1-2,4-5,9,16H,3H2. The number of hydrogen-bond donors (Lipinski definition) is 1. The highest BCUT2D eigenvalue weighted by molar-refractivity contribution is 9.10. The molecule has 0 fully saturated rings. The Morgan fingerprint density at radius 1 is 1.47 bits per heavy atom. The zero-order valence-electron chi connectivity index (χ0n) is 8.53. The number of hydrogen-bond acceptors (Lipinski definition) is 3. The molecular formula is C11H8BrCl2NOS. The Bertz CT molecular complexity index is 512. The fourth-order valence-corrected chi connectivity index (χ4v) is 3.32. The van der Waals surface area contributed by atoms with Crippen LogP contribution in [0, 0.1) is 0 Å². The molecule has 0 amide bonds. The number of pyridine rings is 1. The summed E-state index contributed by atoms with van der Waals surface area (Å²) in [7, 11) is 0. The summed E-state index contributed by atoms with van der Waals surface area (Å²) < 4.78 is 1.44. The van der Waals surface area contributed by atoms with Crippen molar-refractivity contribution in [3.63, 3.8) is 0 Å². The first-order chi connectivity index (χ1) is 8.08. The zero-order chi connectivity index (χ0) is 12.4. The van der Waals surface area contributed by atoms with Crippen molar-refractivity contribution in [1.29, 1.82) is 0 Å². The van der Waals surface area contributed by atoms with Crippen LogP contribution >= 0.6 is 50.5 Å². The number of nitrogens with zero attached hydrogens (tertiary/aromatic N) is 1. The maximum Gasteiger partial charge on any atom is 0.107 e. The molecule has 2 nitrogen and oxygen atoms in total. The minimum atomic E-state index is -0.608. The van der Waals surface area contributed by atoms with Gasteiger partial charge in [-0.25, -0.2) is 0 Å². The molecule has 1 N–H and O–H groups in total. The molecule has 6 heteroatoms. The minimum absolute atomic E-state index is 0.449. The normalized spacial score (nSPS) is 12.7. The molecule has 0 aliphatic rings. The quantitative estimate of drug-likeness (QED) is 0.882. The van der Waals surface area contributed by atoms with Crippen LogP contribution < -0.4 is 0 Å². The van der Waals surface area contributed by atoms with Crippen LogP contribution in [0.2, 0.25) is 9.36 Å². The average Bonchev–Trinajstić information content (AvgIpc) is 2.63. The van der Waals surface area contributed by atoms with Crippen molar-refractivity contribution in [2.24, 2.45) is 0 Å². The van der Waals surface area contributed by atoms with E-state index in [9.17, 15) is 5.11 Å². The van der Waals surface area contributed by atoms with Gasteiger partial charge in [0.05, 0.1) is 11.1 Å². The highest BCUT2D eigenvalue weighted by atomic mass is 79.9. The van der Waals surface area contributed by atoms with Crippen molar-refractivity contribution in [3.8, 4) is 0 Å². The van der Waals surface area contributed by atoms with Crippen LogP contribution in [-0.2, 0) is 6.42 Å². The number of rotatable bonds is 3. The Hall–Kier alpha value is -0.130. The maximum absolute atomic E-state index is 10.1. The monoisotopic (exact) mass is 351 g/mol. The van der Waals surface area contributed by atoms with Gasteiger partial charge >= 0.3 is 0 Å². The van der Waals surface area contributed by atoms with Crippen LogP contribution in [0.5, 0.6) is 0 Å². The van der Waals surface area contributed by atoms with Crippen molar-refractivity contribution in [1.82, 2.24) is 4.98 Å². The van der Waals surface area contributed by atoms with Gasteiger partial charge in [-0.05, 0) is 33.6 Å².